The molecular formula is C7H13S. The monoisotopic (exact) mass is 129 g/mol. The molecule has 0 aliphatic carbocycles. The first-order valence-electron chi connectivity index (χ1n) is 3.10. The third kappa shape index (κ3) is 1.02. The summed E-state index contributed by atoms with van der Waals surface area (Å²) in [6.07, 6.45) is 1.28. The van der Waals surface area contributed by atoms with E-state index < -0.39 is 0 Å². The van der Waals surface area contributed by atoms with Crippen molar-refractivity contribution in [3.63, 3.8) is 0 Å². The van der Waals surface area contributed by atoms with E-state index in [0.29, 0.717) is 5.41 Å². The normalized spacial score (nSPS) is 35.6. The van der Waals surface area contributed by atoms with Crippen molar-refractivity contribution in [1.82, 2.24) is 0 Å². The summed E-state index contributed by atoms with van der Waals surface area (Å²) < 4.78 is 0. The SMILES string of the molecule is CC1S[CH]CC1(C)C. The van der Waals surface area contributed by atoms with Crippen LogP contribution in [0.4, 0.5) is 0 Å². The van der Waals surface area contributed by atoms with Crippen LogP contribution in [-0.2, 0) is 0 Å². The number of rotatable bonds is 0. The maximum Gasteiger partial charge on any atom is 0.0175 e. The van der Waals surface area contributed by atoms with Crippen molar-refractivity contribution in [2.45, 2.75) is 32.4 Å². The molecule has 1 fully saturated rings. The van der Waals surface area contributed by atoms with Crippen LogP contribution in [0.3, 0.4) is 0 Å². The summed E-state index contributed by atoms with van der Waals surface area (Å²) in [4.78, 5) is 0. The van der Waals surface area contributed by atoms with Crippen molar-refractivity contribution in [3.05, 3.63) is 5.75 Å². The molecule has 0 amide bonds. The van der Waals surface area contributed by atoms with Gasteiger partial charge in [0.1, 0.15) is 0 Å². The molecule has 8 heavy (non-hydrogen) atoms. The second kappa shape index (κ2) is 1.94. The lowest BCUT2D eigenvalue weighted by molar-refractivity contribution is 0.380. The lowest BCUT2D eigenvalue weighted by Crippen LogP contribution is -2.16. The highest BCUT2D eigenvalue weighted by Crippen LogP contribution is 2.44. The van der Waals surface area contributed by atoms with Crippen molar-refractivity contribution < 1.29 is 0 Å². The van der Waals surface area contributed by atoms with Crippen molar-refractivity contribution >= 4 is 11.8 Å². The Labute approximate surface area is 56.0 Å². The van der Waals surface area contributed by atoms with Gasteiger partial charge in [-0.2, -0.15) is 11.8 Å². The summed E-state index contributed by atoms with van der Waals surface area (Å²) >= 11 is 1.98. The smallest absolute Gasteiger partial charge is 0.0175 e. The molecule has 0 saturated carbocycles. The molecule has 0 aromatic heterocycles. The van der Waals surface area contributed by atoms with Crippen molar-refractivity contribution in [2.75, 3.05) is 0 Å². The minimum Gasteiger partial charge on any atom is -0.154 e. The van der Waals surface area contributed by atoms with Crippen molar-refractivity contribution in [3.8, 4) is 0 Å². The molecule has 1 atom stereocenters. The molecular weight excluding hydrogens is 116 g/mol. The Morgan fingerprint density at radius 2 is 2.25 bits per heavy atom. The van der Waals surface area contributed by atoms with Gasteiger partial charge in [0.15, 0.2) is 0 Å². The summed E-state index contributed by atoms with van der Waals surface area (Å²) in [7, 11) is 0. The van der Waals surface area contributed by atoms with Crippen LogP contribution in [0.2, 0.25) is 0 Å². The molecule has 0 nitrogen and oxygen atoms in total. The van der Waals surface area contributed by atoms with Crippen LogP contribution >= 0.6 is 11.8 Å². The van der Waals surface area contributed by atoms with E-state index in [2.05, 4.69) is 26.5 Å². The molecule has 0 aromatic carbocycles. The fourth-order valence-corrected chi connectivity index (χ4v) is 2.04. The zero-order chi connectivity index (χ0) is 6.20. The molecule has 1 heterocycles. The highest BCUT2D eigenvalue weighted by molar-refractivity contribution is 8.02. The molecule has 1 heteroatoms. The van der Waals surface area contributed by atoms with Gasteiger partial charge in [-0.25, -0.2) is 0 Å². The van der Waals surface area contributed by atoms with E-state index in [1.807, 2.05) is 11.8 Å². The van der Waals surface area contributed by atoms with Crippen LogP contribution in [0, 0.1) is 11.2 Å². The maximum absolute atomic E-state index is 2.33. The van der Waals surface area contributed by atoms with E-state index in [1.54, 1.807) is 0 Å². The number of thioether (sulfide) groups is 1. The van der Waals surface area contributed by atoms with Gasteiger partial charge in [0.05, 0.1) is 0 Å². The van der Waals surface area contributed by atoms with Gasteiger partial charge < -0.3 is 0 Å². The van der Waals surface area contributed by atoms with Gasteiger partial charge in [0, 0.05) is 11.0 Å². The summed E-state index contributed by atoms with van der Waals surface area (Å²) in [6, 6.07) is 0. The van der Waals surface area contributed by atoms with Gasteiger partial charge in [-0.15, -0.1) is 0 Å². The molecule has 47 valence electrons. The number of hydrogen-bond acceptors (Lipinski definition) is 1. The Hall–Kier alpha value is 0.350. The third-order valence-corrected chi connectivity index (χ3v) is 3.42. The summed E-state index contributed by atoms with van der Waals surface area (Å²) in [5, 5.41) is 0.822. The average molecular weight is 129 g/mol. The first-order valence-corrected chi connectivity index (χ1v) is 4.04. The second-order valence-electron chi connectivity index (χ2n) is 3.14. The molecule has 1 saturated heterocycles. The van der Waals surface area contributed by atoms with Crippen LogP contribution < -0.4 is 0 Å². The molecule has 1 aliphatic heterocycles. The minimum absolute atomic E-state index is 0.560. The van der Waals surface area contributed by atoms with Crippen molar-refractivity contribution in [1.29, 1.82) is 0 Å². The van der Waals surface area contributed by atoms with E-state index in [0.717, 1.165) is 5.25 Å². The Balaban J connectivity index is 2.54. The Morgan fingerprint density at radius 1 is 1.62 bits per heavy atom. The Morgan fingerprint density at radius 3 is 2.38 bits per heavy atom. The topological polar surface area (TPSA) is 0 Å². The predicted octanol–water partition coefficient (Wildman–Crippen LogP) is 2.70. The minimum atomic E-state index is 0.560. The Kier molecular flexibility index (Phi) is 1.57. The molecule has 1 radical (unpaired) electrons. The highest BCUT2D eigenvalue weighted by Gasteiger charge is 2.31. The molecule has 1 rings (SSSR count). The van der Waals surface area contributed by atoms with Crippen LogP contribution in [0.25, 0.3) is 0 Å². The van der Waals surface area contributed by atoms with E-state index in [4.69, 9.17) is 0 Å². The van der Waals surface area contributed by atoms with Crippen LogP contribution in [0.5, 0.6) is 0 Å². The predicted molar refractivity (Wildman–Crippen MR) is 39.8 cm³/mol. The first-order chi connectivity index (χ1) is 3.63. The number of hydrogen-bond donors (Lipinski definition) is 0. The summed E-state index contributed by atoms with van der Waals surface area (Å²) in [6.45, 7) is 6.95. The maximum atomic E-state index is 2.33. The quantitative estimate of drug-likeness (QED) is 0.484. The van der Waals surface area contributed by atoms with E-state index >= 15 is 0 Å². The second-order valence-corrected chi connectivity index (χ2v) is 4.45. The fourth-order valence-electron chi connectivity index (χ4n) is 0.757. The highest BCUT2D eigenvalue weighted by atomic mass is 32.2. The van der Waals surface area contributed by atoms with Crippen LogP contribution in [0.15, 0.2) is 0 Å². The van der Waals surface area contributed by atoms with E-state index in [9.17, 15) is 0 Å². The molecule has 1 aliphatic rings. The Bertz CT molecular complexity index is 86.4. The standard InChI is InChI=1S/C7H13S/c1-6-7(2,3)4-5-8-6/h5-6H,4H2,1-3H3. The molecule has 0 N–H and O–H groups in total. The van der Waals surface area contributed by atoms with Gasteiger partial charge in [0.25, 0.3) is 0 Å². The first kappa shape index (κ1) is 6.47. The summed E-state index contributed by atoms with van der Waals surface area (Å²) in [5.41, 5.74) is 0.560. The lowest BCUT2D eigenvalue weighted by atomic mass is 9.87. The van der Waals surface area contributed by atoms with Gasteiger partial charge in [-0.05, 0) is 11.8 Å². The van der Waals surface area contributed by atoms with E-state index in [1.165, 1.54) is 6.42 Å². The summed E-state index contributed by atoms with van der Waals surface area (Å²) in [5.74, 6) is 2.32. The molecule has 0 aromatic rings. The van der Waals surface area contributed by atoms with Crippen LogP contribution in [0.1, 0.15) is 27.2 Å². The molecule has 1 unspecified atom stereocenters. The van der Waals surface area contributed by atoms with Crippen LogP contribution in [-0.4, -0.2) is 5.25 Å². The van der Waals surface area contributed by atoms with Gasteiger partial charge >= 0.3 is 0 Å². The van der Waals surface area contributed by atoms with Crippen molar-refractivity contribution in [2.24, 2.45) is 5.41 Å². The van der Waals surface area contributed by atoms with E-state index in [-0.39, 0.29) is 0 Å². The fraction of sp³-hybridized carbons (Fsp3) is 0.857. The average Bonchev–Trinajstić information content (AvgIpc) is 1.86. The zero-order valence-corrected chi connectivity index (χ0v) is 6.59. The van der Waals surface area contributed by atoms with Gasteiger partial charge in [-0.1, -0.05) is 20.8 Å². The van der Waals surface area contributed by atoms with Gasteiger partial charge in [-0.3, -0.25) is 0 Å². The van der Waals surface area contributed by atoms with Gasteiger partial charge in [0.2, 0.25) is 0 Å². The zero-order valence-electron chi connectivity index (χ0n) is 5.77. The third-order valence-electron chi connectivity index (χ3n) is 2.01. The molecule has 0 spiro atoms. The largest absolute Gasteiger partial charge is 0.154 e. The molecule has 0 bridgehead atoms. The lowest BCUT2D eigenvalue weighted by Gasteiger charge is -2.21.